The zero-order valence-electron chi connectivity index (χ0n) is 6.96. The van der Waals surface area contributed by atoms with E-state index >= 15 is 0 Å². The third-order valence-corrected chi connectivity index (χ3v) is 1.15. The van der Waals surface area contributed by atoms with Crippen LogP contribution < -0.4 is 0 Å². The average molecular weight is 170 g/mol. The van der Waals surface area contributed by atoms with E-state index in [9.17, 15) is 9.59 Å². The maximum Gasteiger partial charge on any atom is 0.385 e. The second kappa shape index (κ2) is 5.19. The van der Waals surface area contributed by atoms with E-state index in [0.717, 1.165) is 0 Å². The van der Waals surface area contributed by atoms with Gasteiger partial charge >= 0.3 is 11.9 Å². The second-order valence-corrected chi connectivity index (χ2v) is 2.18. The molecule has 0 aromatic rings. The summed E-state index contributed by atoms with van der Waals surface area (Å²) in [6.45, 7) is 3.56. The van der Waals surface area contributed by atoms with Crippen LogP contribution >= 0.6 is 0 Å². The van der Waals surface area contributed by atoms with Crippen LogP contribution in [-0.2, 0) is 14.3 Å². The van der Waals surface area contributed by atoms with E-state index in [4.69, 9.17) is 5.11 Å². The monoisotopic (exact) mass is 170 g/mol. The van der Waals surface area contributed by atoms with Crippen LogP contribution in [0.5, 0.6) is 0 Å². The Kier molecular flexibility index (Phi) is 4.54. The standard InChI is InChI=1S/C8H10O4/c1-3-6(2)12-8(11)5-4-7(9)10/h6H,3H2,1-2H3,(H,9,10). The number of ether oxygens (including phenoxy) is 1. The van der Waals surface area contributed by atoms with Gasteiger partial charge in [0.2, 0.25) is 0 Å². The maximum absolute atomic E-state index is 10.7. The number of aliphatic carboxylic acids is 1. The number of carbonyl (C=O) groups is 2. The Morgan fingerprint density at radius 1 is 1.50 bits per heavy atom. The van der Waals surface area contributed by atoms with Gasteiger partial charge in [-0.15, -0.1) is 0 Å². The van der Waals surface area contributed by atoms with Crippen LogP contribution in [0.4, 0.5) is 0 Å². The van der Waals surface area contributed by atoms with E-state index in [1.165, 1.54) is 0 Å². The molecule has 0 bridgehead atoms. The van der Waals surface area contributed by atoms with E-state index in [-0.39, 0.29) is 6.10 Å². The lowest BCUT2D eigenvalue weighted by molar-refractivity contribution is -0.141. The van der Waals surface area contributed by atoms with Crippen molar-refractivity contribution in [3.63, 3.8) is 0 Å². The molecule has 12 heavy (non-hydrogen) atoms. The molecule has 1 unspecified atom stereocenters. The molecular weight excluding hydrogens is 160 g/mol. The minimum atomic E-state index is -1.34. The molecule has 66 valence electrons. The first-order chi connectivity index (χ1) is 5.56. The van der Waals surface area contributed by atoms with Crippen LogP contribution in [0.2, 0.25) is 0 Å². The molecule has 0 radical (unpaired) electrons. The Morgan fingerprint density at radius 2 is 2.08 bits per heavy atom. The minimum Gasteiger partial charge on any atom is -0.472 e. The Labute approximate surface area is 70.5 Å². The Balaban J connectivity index is 3.92. The first kappa shape index (κ1) is 10.5. The van der Waals surface area contributed by atoms with Crippen LogP contribution in [-0.4, -0.2) is 23.1 Å². The van der Waals surface area contributed by atoms with E-state index in [1.807, 2.05) is 12.8 Å². The van der Waals surface area contributed by atoms with Crippen molar-refractivity contribution in [2.24, 2.45) is 0 Å². The van der Waals surface area contributed by atoms with E-state index in [0.29, 0.717) is 6.42 Å². The highest BCUT2D eigenvalue weighted by Gasteiger charge is 2.03. The first-order valence-corrected chi connectivity index (χ1v) is 3.51. The Bertz CT molecular complexity index is 233. The molecule has 4 nitrogen and oxygen atoms in total. The van der Waals surface area contributed by atoms with E-state index in [1.54, 1.807) is 12.8 Å². The van der Waals surface area contributed by atoms with Crippen LogP contribution in [0.1, 0.15) is 20.3 Å². The molecule has 0 aliphatic rings. The minimum absolute atomic E-state index is 0.222. The van der Waals surface area contributed by atoms with Gasteiger partial charge in [-0.1, -0.05) is 6.92 Å². The summed E-state index contributed by atoms with van der Waals surface area (Å²) < 4.78 is 4.67. The fourth-order valence-corrected chi connectivity index (χ4v) is 0.400. The topological polar surface area (TPSA) is 63.6 Å². The highest BCUT2D eigenvalue weighted by atomic mass is 16.5. The molecule has 0 saturated carbocycles. The van der Waals surface area contributed by atoms with Crippen LogP contribution in [0, 0.1) is 11.8 Å². The van der Waals surface area contributed by atoms with E-state index < -0.39 is 11.9 Å². The molecule has 0 fully saturated rings. The molecule has 0 aliphatic carbocycles. The van der Waals surface area contributed by atoms with Crippen molar-refractivity contribution in [2.45, 2.75) is 26.4 Å². The van der Waals surface area contributed by atoms with Crippen LogP contribution in [0.3, 0.4) is 0 Å². The number of carboxylic acid groups (broad SMARTS) is 1. The van der Waals surface area contributed by atoms with Crippen LogP contribution in [0.25, 0.3) is 0 Å². The van der Waals surface area contributed by atoms with Gasteiger partial charge in [-0.05, 0) is 13.3 Å². The van der Waals surface area contributed by atoms with Gasteiger partial charge in [-0.3, -0.25) is 0 Å². The molecule has 0 aromatic heterocycles. The van der Waals surface area contributed by atoms with Gasteiger partial charge in [0, 0.05) is 11.8 Å². The van der Waals surface area contributed by atoms with Crippen molar-refractivity contribution in [3.05, 3.63) is 0 Å². The summed E-state index contributed by atoms with van der Waals surface area (Å²) in [6.07, 6.45) is 0.459. The number of hydrogen-bond acceptors (Lipinski definition) is 3. The van der Waals surface area contributed by atoms with Crippen molar-refractivity contribution in [1.29, 1.82) is 0 Å². The van der Waals surface area contributed by atoms with Gasteiger partial charge in [0.1, 0.15) is 0 Å². The highest BCUT2D eigenvalue weighted by molar-refractivity contribution is 5.97. The SMILES string of the molecule is CCC(C)OC(=O)C#CC(=O)O. The largest absolute Gasteiger partial charge is 0.472 e. The van der Waals surface area contributed by atoms with E-state index in [2.05, 4.69) is 4.74 Å². The van der Waals surface area contributed by atoms with Crippen molar-refractivity contribution in [2.75, 3.05) is 0 Å². The molecule has 0 aromatic carbocycles. The third kappa shape index (κ3) is 5.30. The number of esters is 1. The number of carbonyl (C=O) groups excluding carboxylic acids is 1. The zero-order valence-corrected chi connectivity index (χ0v) is 6.96. The predicted molar refractivity (Wildman–Crippen MR) is 41.3 cm³/mol. The van der Waals surface area contributed by atoms with Gasteiger partial charge in [0.25, 0.3) is 0 Å². The third-order valence-electron chi connectivity index (χ3n) is 1.15. The van der Waals surface area contributed by atoms with Crippen molar-refractivity contribution >= 4 is 11.9 Å². The maximum atomic E-state index is 10.7. The normalized spacial score (nSPS) is 10.8. The Morgan fingerprint density at radius 3 is 2.50 bits per heavy atom. The van der Waals surface area contributed by atoms with Crippen molar-refractivity contribution in [3.8, 4) is 11.8 Å². The fourth-order valence-electron chi connectivity index (χ4n) is 0.400. The number of carboxylic acids is 1. The molecule has 0 rings (SSSR count). The summed E-state index contributed by atoms with van der Waals surface area (Å²) in [4.78, 5) is 20.5. The van der Waals surface area contributed by atoms with Crippen LogP contribution in [0.15, 0.2) is 0 Å². The summed E-state index contributed by atoms with van der Waals surface area (Å²) in [6, 6.07) is 0. The molecule has 0 amide bonds. The number of rotatable bonds is 2. The fraction of sp³-hybridized carbons (Fsp3) is 0.500. The van der Waals surface area contributed by atoms with Gasteiger partial charge in [0.05, 0.1) is 6.10 Å². The lowest BCUT2D eigenvalue weighted by Crippen LogP contribution is -2.12. The smallest absolute Gasteiger partial charge is 0.385 e. The summed E-state index contributed by atoms with van der Waals surface area (Å²) in [7, 11) is 0. The summed E-state index contributed by atoms with van der Waals surface area (Å²) >= 11 is 0. The first-order valence-electron chi connectivity index (χ1n) is 3.51. The highest BCUT2D eigenvalue weighted by Crippen LogP contribution is 1.94. The van der Waals surface area contributed by atoms with Crippen molar-refractivity contribution in [1.82, 2.24) is 0 Å². The summed E-state index contributed by atoms with van der Waals surface area (Å²) in [5.41, 5.74) is 0. The summed E-state index contributed by atoms with van der Waals surface area (Å²) in [5.74, 6) is 1.37. The molecule has 4 heteroatoms. The van der Waals surface area contributed by atoms with Gasteiger partial charge < -0.3 is 9.84 Å². The molecule has 0 saturated heterocycles. The van der Waals surface area contributed by atoms with Gasteiger partial charge in [-0.25, -0.2) is 9.59 Å². The second-order valence-electron chi connectivity index (χ2n) is 2.18. The van der Waals surface area contributed by atoms with Crippen molar-refractivity contribution < 1.29 is 19.4 Å². The predicted octanol–water partition coefficient (Wildman–Crippen LogP) is 0.416. The lowest BCUT2D eigenvalue weighted by Gasteiger charge is -2.06. The molecule has 1 N–H and O–H groups in total. The number of hydrogen-bond donors (Lipinski definition) is 1. The molecule has 0 spiro atoms. The average Bonchev–Trinajstić information content (AvgIpc) is 2.00. The Hall–Kier alpha value is -1.50. The molecule has 0 heterocycles. The molecular formula is C8H10O4. The van der Waals surface area contributed by atoms with Gasteiger partial charge in [0.15, 0.2) is 0 Å². The zero-order chi connectivity index (χ0) is 9.56. The molecule has 1 atom stereocenters. The molecule has 0 aliphatic heterocycles. The quantitative estimate of drug-likeness (QED) is 0.370. The lowest BCUT2D eigenvalue weighted by atomic mass is 10.3. The summed E-state index contributed by atoms with van der Waals surface area (Å²) in [5, 5.41) is 8.07. The van der Waals surface area contributed by atoms with Gasteiger partial charge in [-0.2, -0.15) is 0 Å².